The zero-order valence-electron chi connectivity index (χ0n) is 9.18. The molecule has 1 saturated carbocycles. The van der Waals surface area contributed by atoms with Crippen molar-refractivity contribution in [3.63, 3.8) is 0 Å². The quantitative estimate of drug-likeness (QED) is 0.697. The van der Waals surface area contributed by atoms with E-state index in [0.717, 1.165) is 11.8 Å². The lowest BCUT2D eigenvalue weighted by Gasteiger charge is -2.38. The molecule has 2 aliphatic rings. The Bertz CT molecular complexity index is 204. The second-order valence-corrected chi connectivity index (χ2v) is 7.12. The summed E-state index contributed by atoms with van der Waals surface area (Å²) in [5, 5.41) is 3.73. The van der Waals surface area contributed by atoms with Gasteiger partial charge in [-0.25, -0.2) is 0 Å². The van der Waals surface area contributed by atoms with Crippen molar-refractivity contribution in [3.8, 4) is 0 Å². The summed E-state index contributed by atoms with van der Waals surface area (Å²) in [6.07, 6.45) is 1.40. The maximum atomic E-state index is 3.73. The van der Waals surface area contributed by atoms with Crippen LogP contribution in [0.15, 0.2) is 0 Å². The summed E-state index contributed by atoms with van der Waals surface area (Å²) in [6.45, 7) is 10.7. The van der Waals surface area contributed by atoms with Crippen LogP contribution in [0.25, 0.3) is 0 Å². The highest BCUT2D eigenvalue weighted by molar-refractivity contribution is 8.00. The van der Waals surface area contributed by atoms with Crippen molar-refractivity contribution in [2.45, 2.75) is 39.0 Å². The third-order valence-electron chi connectivity index (χ3n) is 3.65. The van der Waals surface area contributed by atoms with Gasteiger partial charge in [-0.1, -0.05) is 20.8 Å². The van der Waals surface area contributed by atoms with Crippen LogP contribution in [0, 0.1) is 17.3 Å². The van der Waals surface area contributed by atoms with Crippen LogP contribution < -0.4 is 5.32 Å². The molecular formula is C11H21NS. The van der Waals surface area contributed by atoms with E-state index in [1.54, 1.807) is 0 Å². The zero-order chi connectivity index (χ0) is 9.69. The van der Waals surface area contributed by atoms with Crippen molar-refractivity contribution in [1.82, 2.24) is 5.32 Å². The van der Waals surface area contributed by atoms with Crippen molar-refractivity contribution in [3.05, 3.63) is 0 Å². The molecule has 2 fully saturated rings. The van der Waals surface area contributed by atoms with Gasteiger partial charge >= 0.3 is 0 Å². The summed E-state index contributed by atoms with van der Waals surface area (Å²) < 4.78 is 0. The number of nitrogens with one attached hydrogen (secondary N) is 1. The van der Waals surface area contributed by atoms with Crippen LogP contribution in [0.5, 0.6) is 0 Å². The first kappa shape index (κ1) is 9.85. The van der Waals surface area contributed by atoms with E-state index in [2.05, 4.69) is 44.8 Å². The van der Waals surface area contributed by atoms with Crippen LogP contribution in [-0.2, 0) is 0 Å². The SMILES string of the molecule is CC1CNC(C)(C2CC2(C)C)SC1. The molecule has 2 rings (SSSR count). The molecule has 0 spiro atoms. The fourth-order valence-corrected chi connectivity index (χ4v) is 3.97. The van der Waals surface area contributed by atoms with E-state index in [1.807, 2.05) is 0 Å². The van der Waals surface area contributed by atoms with Crippen LogP contribution in [0.1, 0.15) is 34.1 Å². The molecule has 0 aromatic carbocycles. The van der Waals surface area contributed by atoms with Gasteiger partial charge in [0.15, 0.2) is 0 Å². The van der Waals surface area contributed by atoms with Gasteiger partial charge in [0.05, 0.1) is 4.87 Å². The number of hydrogen-bond donors (Lipinski definition) is 1. The van der Waals surface area contributed by atoms with E-state index in [0.29, 0.717) is 10.3 Å². The van der Waals surface area contributed by atoms with Gasteiger partial charge in [0.25, 0.3) is 0 Å². The predicted molar refractivity (Wildman–Crippen MR) is 59.9 cm³/mol. The molecule has 13 heavy (non-hydrogen) atoms. The molecule has 1 saturated heterocycles. The summed E-state index contributed by atoms with van der Waals surface area (Å²) in [4.78, 5) is 0.371. The molecule has 76 valence electrons. The van der Waals surface area contributed by atoms with Crippen LogP contribution in [0.4, 0.5) is 0 Å². The minimum absolute atomic E-state index is 0.371. The van der Waals surface area contributed by atoms with Crippen LogP contribution >= 0.6 is 11.8 Å². The zero-order valence-corrected chi connectivity index (χ0v) is 10.0. The molecule has 0 amide bonds. The summed E-state index contributed by atoms with van der Waals surface area (Å²) in [6, 6.07) is 0. The maximum absolute atomic E-state index is 3.73. The number of hydrogen-bond acceptors (Lipinski definition) is 2. The molecule has 1 aliphatic heterocycles. The van der Waals surface area contributed by atoms with Gasteiger partial charge < -0.3 is 5.32 Å². The van der Waals surface area contributed by atoms with Gasteiger partial charge in [-0.2, -0.15) is 0 Å². The Balaban J connectivity index is 1.98. The van der Waals surface area contributed by atoms with Crippen molar-refractivity contribution in [2.24, 2.45) is 17.3 Å². The fourth-order valence-electron chi connectivity index (χ4n) is 2.43. The lowest BCUT2D eigenvalue weighted by atomic mass is 10.0. The lowest BCUT2D eigenvalue weighted by Crippen LogP contribution is -2.49. The highest BCUT2D eigenvalue weighted by Crippen LogP contribution is 2.60. The van der Waals surface area contributed by atoms with E-state index >= 15 is 0 Å². The molecule has 1 aliphatic carbocycles. The third kappa shape index (κ3) is 1.75. The first-order valence-corrected chi connectivity index (χ1v) is 6.31. The largest absolute Gasteiger partial charge is 0.302 e. The monoisotopic (exact) mass is 199 g/mol. The Labute approximate surface area is 86.0 Å². The number of thioether (sulfide) groups is 1. The first-order chi connectivity index (χ1) is 5.94. The van der Waals surface area contributed by atoms with Gasteiger partial charge in [0.2, 0.25) is 0 Å². The molecule has 1 heterocycles. The normalized spacial score (nSPS) is 48.9. The Morgan fingerprint density at radius 3 is 2.31 bits per heavy atom. The van der Waals surface area contributed by atoms with Gasteiger partial charge in [-0.3, -0.25) is 0 Å². The van der Waals surface area contributed by atoms with E-state index in [4.69, 9.17) is 0 Å². The molecule has 0 bridgehead atoms. The summed E-state index contributed by atoms with van der Waals surface area (Å²) >= 11 is 2.14. The van der Waals surface area contributed by atoms with Crippen molar-refractivity contribution < 1.29 is 0 Å². The van der Waals surface area contributed by atoms with Crippen molar-refractivity contribution in [1.29, 1.82) is 0 Å². The minimum Gasteiger partial charge on any atom is -0.302 e. The Morgan fingerprint density at radius 2 is 1.92 bits per heavy atom. The van der Waals surface area contributed by atoms with Crippen molar-refractivity contribution in [2.75, 3.05) is 12.3 Å². The molecule has 0 radical (unpaired) electrons. The molecule has 3 atom stereocenters. The van der Waals surface area contributed by atoms with Gasteiger partial charge in [-0.15, -0.1) is 11.8 Å². The smallest absolute Gasteiger partial charge is 0.0650 e. The fraction of sp³-hybridized carbons (Fsp3) is 1.00. The summed E-state index contributed by atoms with van der Waals surface area (Å²) in [7, 11) is 0. The minimum atomic E-state index is 0.371. The second-order valence-electron chi connectivity index (χ2n) is 5.65. The molecule has 1 N–H and O–H groups in total. The molecule has 0 aromatic rings. The Hall–Kier alpha value is 0.310. The van der Waals surface area contributed by atoms with Gasteiger partial charge in [-0.05, 0) is 42.9 Å². The Morgan fingerprint density at radius 1 is 1.31 bits per heavy atom. The average molecular weight is 199 g/mol. The molecule has 2 heteroatoms. The van der Waals surface area contributed by atoms with E-state index < -0.39 is 0 Å². The van der Waals surface area contributed by atoms with Gasteiger partial charge in [0.1, 0.15) is 0 Å². The predicted octanol–water partition coefficient (Wildman–Crippen LogP) is 2.72. The van der Waals surface area contributed by atoms with Crippen LogP contribution in [0.3, 0.4) is 0 Å². The highest BCUT2D eigenvalue weighted by atomic mass is 32.2. The highest BCUT2D eigenvalue weighted by Gasteiger charge is 2.56. The van der Waals surface area contributed by atoms with E-state index in [9.17, 15) is 0 Å². The van der Waals surface area contributed by atoms with E-state index in [-0.39, 0.29) is 0 Å². The van der Waals surface area contributed by atoms with Crippen molar-refractivity contribution >= 4 is 11.8 Å². The topological polar surface area (TPSA) is 12.0 Å². The number of rotatable bonds is 1. The van der Waals surface area contributed by atoms with Crippen LogP contribution in [0.2, 0.25) is 0 Å². The Kier molecular flexibility index (Phi) is 2.20. The molecule has 1 nitrogen and oxygen atoms in total. The first-order valence-electron chi connectivity index (χ1n) is 5.33. The lowest BCUT2D eigenvalue weighted by molar-refractivity contribution is 0.358. The maximum Gasteiger partial charge on any atom is 0.0650 e. The standard InChI is InChI=1S/C11H21NS/c1-8-6-12-11(4,13-7-8)9-5-10(9,2)3/h8-9,12H,5-7H2,1-4H3. The molecule has 0 aromatic heterocycles. The van der Waals surface area contributed by atoms with E-state index in [1.165, 1.54) is 18.7 Å². The summed E-state index contributed by atoms with van der Waals surface area (Å²) in [5.41, 5.74) is 0.593. The van der Waals surface area contributed by atoms with Crippen LogP contribution in [-0.4, -0.2) is 17.2 Å². The summed E-state index contributed by atoms with van der Waals surface area (Å²) in [5.74, 6) is 3.06. The second kappa shape index (κ2) is 2.90. The van der Waals surface area contributed by atoms with Gasteiger partial charge in [0, 0.05) is 0 Å². The third-order valence-corrected chi connectivity index (χ3v) is 5.41. The average Bonchev–Trinajstić information content (AvgIpc) is 2.68. The molecule has 3 unspecified atom stereocenters. The molecular weight excluding hydrogens is 178 g/mol.